The summed E-state index contributed by atoms with van der Waals surface area (Å²) in [5.74, 6) is -0.529. The number of ether oxygens (including phenoxy) is 1. The Labute approximate surface area is 159 Å². The number of carbonyl (C=O) groups excluding carboxylic acids is 2. The van der Waals surface area contributed by atoms with Gasteiger partial charge in [-0.15, -0.1) is 0 Å². The van der Waals surface area contributed by atoms with Crippen LogP contribution in [0.15, 0.2) is 60.9 Å². The summed E-state index contributed by atoms with van der Waals surface area (Å²) in [7, 11) is 0. The van der Waals surface area contributed by atoms with Crippen LogP contribution in [0.5, 0.6) is 0 Å². The van der Waals surface area contributed by atoms with E-state index >= 15 is 0 Å². The SMILES string of the molecule is NC(=O)n1cc(C(=O)OCCc2ccccc2)cc1-c1[nH]nc2ncccc12. The summed E-state index contributed by atoms with van der Waals surface area (Å²) in [6.45, 7) is 0.233. The molecule has 0 unspecified atom stereocenters. The average Bonchev–Trinajstić information content (AvgIpc) is 3.33. The lowest BCUT2D eigenvalue weighted by molar-refractivity contribution is 0.0509. The summed E-state index contributed by atoms with van der Waals surface area (Å²) in [6, 6.07) is 14.1. The molecule has 4 rings (SSSR count). The number of fused-ring (bicyclic) bond motifs is 1. The molecule has 140 valence electrons. The van der Waals surface area contributed by atoms with Crippen LogP contribution >= 0.6 is 0 Å². The van der Waals surface area contributed by atoms with Gasteiger partial charge in [0.25, 0.3) is 0 Å². The molecule has 0 fully saturated rings. The first kappa shape index (κ1) is 17.5. The number of H-pyrrole nitrogens is 1. The topological polar surface area (TPSA) is 116 Å². The fourth-order valence-corrected chi connectivity index (χ4v) is 2.98. The van der Waals surface area contributed by atoms with E-state index < -0.39 is 12.0 Å². The Morgan fingerprint density at radius 2 is 1.96 bits per heavy atom. The van der Waals surface area contributed by atoms with Gasteiger partial charge in [-0.2, -0.15) is 5.10 Å². The Morgan fingerprint density at radius 1 is 1.14 bits per heavy atom. The Kier molecular flexibility index (Phi) is 4.59. The minimum atomic E-state index is -0.718. The van der Waals surface area contributed by atoms with Crippen LogP contribution in [0.1, 0.15) is 15.9 Å². The number of hydrogen-bond donors (Lipinski definition) is 2. The van der Waals surface area contributed by atoms with E-state index in [4.69, 9.17) is 10.5 Å². The smallest absolute Gasteiger partial charge is 0.339 e. The van der Waals surface area contributed by atoms with E-state index in [0.717, 1.165) is 5.56 Å². The van der Waals surface area contributed by atoms with Crippen LogP contribution in [0.3, 0.4) is 0 Å². The molecule has 0 aliphatic heterocycles. The first-order valence-electron chi connectivity index (χ1n) is 8.66. The third-order valence-corrected chi connectivity index (χ3v) is 4.35. The van der Waals surface area contributed by atoms with E-state index in [2.05, 4.69) is 15.2 Å². The fourth-order valence-electron chi connectivity index (χ4n) is 2.98. The van der Waals surface area contributed by atoms with Crippen molar-refractivity contribution in [1.82, 2.24) is 19.7 Å². The Morgan fingerprint density at radius 3 is 2.75 bits per heavy atom. The molecule has 0 saturated carbocycles. The Hall–Kier alpha value is -3.94. The lowest BCUT2D eigenvalue weighted by atomic mass is 10.2. The first-order chi connectivity index (χ1) is 13.6. The maximum atomic E-state index is 12.4. The van der Waals surface area contributed by atoms with Gasteiger partial charge in [-0.3, -0.25) is 9.67 Å². The number of rotatable bonds is 5. The molecule has 3 N–H and O–H groups in total. The number of nitrogens with zero attached hydrogens (tertiary/aromatic N) is 3. The summed E-state index contributed by atoms with van der Waals surface area (Å²) in [5.41, 5.74) is 8.24. The third-order valence-electron chi connectivity index (χ3n) is 4.35. The average molecular weight is 375 g/mol. The van der Waals surface area contributed by atoms with Crippen molar-refractivity contribution >= 4 is 23.0 Å². The van der Waals surface area contributed by atoms with Gasteiger partial charge < -0.3 is 10.5 Å². The quantitative estimate of drug-likeness (QED) is 0.520. The van der Waals surface area contributed by atoms with E-state index in [1.165, 1.54) is 10.8 Å². The van der Waals surface area contributed by atoms with E-state index in [1.54, 1.807) is 18.3 Å². The van der Waals surface area contributed by atoms with Crippen molar-refractivity contribution in [2.24, 2.45) is 5.73 Å². The molecule has 1 aromatic carbocycles. The summed E-state index contributed by atoms with van der Waals surface area (Å²) in [4.78, 5) is 28.5. The number of benzene rings is 1. The molecular weight excluding hydrogens is 358 g/mol. The molecule has 8 heteroatoms. The maximum Gasteiger partial charge on any atom is 0.339 e. The van der Waals surface area contributed by atoms with E-state index in [0.29, 0.717) is 28.8 Å². The highest BCUT2D eigenvalue weighted by atomic mass is 16.5. The molecule has 3 aromatic heterocycles. The van der Waals surface area contributed by atoms with Gasteiger partial charge in [-0.1, -0.05) is 30.3 Å². The van der Waals surface area contributed by atoms with Crippen LogP contribution in [0.25, 0.3) is 22.4 Å². The molecule has 3 heterocycles. The molecule has 0 radical (unpaired) electrons. The summed E-state index contributed by atoms with van der Waals surface area (Å²) in [6.07, 6.45) is 3.59. The molecule has 0 aliphatic carbocycles. The summed E-state index contributed by atoms with van der Waals surface area (Å²) in [5, 5.41) is 7.68. The lowest BCUT2D eigenvalue weighted by Crippen LogP contribution is -2.19. The standard InChI is InChI=1S/C20H17N5O3/c21-20(27)25-12-14(19(26)28-10-8-13-5-2-1-3-6-13)11-16(25)17-15-7-4-9-22-18(15)24-23-17/h1-7,9,11-12H,8,10H2,(H2,21,27)(H,22,23,24). The van der Waals surface area contributed by atoms with Gasteiger partial charge in [-0.25, -0.2) is 14.6 Å². The first-order valence-corrected chi connectivity index (χ1v) is 8.66. The van der Waals surface area contributed by atoms with Gasteiger partial charge in [0.05, 0.1) is 23.6 Å². The molecule has 0 bridgehead atoms. The highest BCUT2D eigenvalue weighted by molar-refractivity contribution is 5.97. The highest BCUT2D eigenvalue weighted by Crippen LogP contribution is 2.27. The molecule has 1 amide bonds. The number of carbonyl (C=O) groups is 2. The van der Waals surface area contributed by atoms with Gasteiger partial charge in [0.15, 0.2) is 5.65 Å². The number of pyridine rings is 1. The van der Waals surface area contributed by atoms with Gasteiger partial charge in [-0.05, 0) is 23.8 Å². The zero-order valence-electron chi connectivity index (χ0n) is 14.8. The molecule has 28 heavy (non-hydrogen) atoms. The number of hydrogen-bond acceptors (Lipinski definition) is 5. The predicted molar refractivity (Wildman–Crippen MR) is 103 cm³/mol. The molecule has 8 nitrogen and oxygen atoms in total. The van der Waals surface area contributed by atoms with Crippen LogP contribution in [-0.2, 0) is 11.2 Å². The molecule has 0 spiro atoms. The fraction of sp³-hybridized carbons (Fsp3) is 0.100. The van der Waals surface area contributed by atoms with Gasteiger partial charge >= 0.3 is 12.0 Å². The summed E-state index contributed by atoms with van der Waals surface area (Å²) < 4.78 is 6.53. The highest BCUT2D eigenvalue weighted by Gasteiger charge is 2.20. The zero-order chi connectivity index (χ0) is 19.5. The number of nitrogens with two attached hydrogens (primary N) is 1. The van der Waals surface area contributed by atoms with Crippen LogP contribution in [0.2, 0.25) is 0 Å². The van der Waals surface area contributed by atoms with Crippen molar-refractivity contribution in [2.45, 2.75) is 6.42 Å². The predicted octanol–water partition coefficient (Wildman–Crippen LogP) is 2.75. The van der Waals surface area contributed by atoms with E-state index in [-0.39, 0.29) is 12.2 Å². The minimum absolute atomic E-state index is 0.230. The monoisotopic (exact) mass is 375 g/mol. The molecule has 0 saturated heterocycles. The second-order valence-electron chi connectivity index (χ2n) is 6.17. The van der Waals surface area contributed by atoms with Gasteiger partial charge in [0, 0.05) is 24.2 Å². The van der Waals surface area contributed by atoms with Gasteiger partial charge in [0.2, 0.25) is 0 Å². The Balaban J connectivity index is 1.58. The second kappa shape index (κ2) is 7.36. The van der Waals surface area contributed by atoms with Crippen LogP contribution in [0, 0.1) is 0 Å². The number of amides is 1. The van der Waals surface area contributed by atoms with E-state index in [9.17, 15) is 9.59 Å². The van der Waals surface area contributed by atoms with Gasteiger partial charge in [0.1, 0.15) is 0 Å². The van der Waals surface area contributed by atoms with E-state index in [1.807, 2.05) is 36.4 Å². The maximum absolute atomic E-state index is 12.4. The molecule has 0 atom stereocenters. The van der Waals surface area contributed by atoms with Crippen molar-refractivity contribution in [3.63, 3.8) is 0 Å². The molecular formula is C20H17N5O3. The number of nitrogens with one attached hydrogen (secondary N) is 1. The summed E-state index contributed by atoms with van der Waals surface area (Å²) >= 11 is 0. The van der Waals surface area contributed by atoms with Crippen molar-refractivity contribution in [2.75, 3.05) is 6.61 Å². The third kappa shape index (κ3) is 3.35. The van der Waals surface area contributed by atoms with Crippen LogP contribution in [-0.4, -0.2) is 38.4 Å². The van der Waals surface area contributed by atoms with Crippen molar-refractivity contribution in [3.8, 4) is 11.4 Å². The van der Waals surface area contributed by atoms with Crippen LogP contribution < -0.4 is 5.73 Å². The van der Waals surface area contributed by atoms with Crippen LogP contribution in [0.4, 0.5) is 4.79 Å². The molecule has 0 aliphatic rings. The lowest BCUT2D eigenvalue weighted by Gasteiger charge is -2.03. The largest absolute Gasteiger partial charge is 0.462 e. The zero-order valence-corrected chi connectivity index (χ0v) is 14.8. The number of aromatic amines is 1. The van der Waals surface area contributed by atoms with Crippen molar-refractivity contribution in [3.05, 3.63) is 72.1 Å². The van der Waals surface area contributed by atoms with Crippen molar-refractivity contribution < 1.29 is 14.3 Å². The number of aromatic nitrogens is 4. The Bertz CT molecular complexity index is 1150. The number of primary amides is 1. The molecule has 4 aromatic rings. The normalized spacial score (nSPS) is 10.9. The van der Waals surface area contributed by atoms with Crippen molar-refractivity contribution in [1.29, 1.82) is 0 Å². The minimum Gasteiger partial charge on any atom is -0.462 e. The number of esters is 1. The second-order valence-corrected chi connectivity index (χ2v) is 6.17.